The highest BCUT2D eigenvalue weighted by Gasteiger charge is 2.28. The monoisotopic (exact) mass is 549 g/mol. The average Bonchev–Trinajstić information content (AvgIpc) is 3.34. The van der Waals surface area contributed by atoms with E-state index in [0.717, 1.165) is 53.2 Å². The van der Waals surface area contributed by atoms with Crippen LogP contribution in [0.3, 0.4) is 0 Å². The second kappa shape index (κ2) is 8.58. The van der Waals surface area contributed by atoms with Crippen molar-refractivity contribution in [1.29, 1.82) is 0 Å². The van der Waals surface area contributed by atoms with E-state index in [0.29, 0.717) is 0 Å². The van der Waals surface area contributed by atoms with E-state index in [2.05, 4.69) is 41.0 Å². The van der Waals surface area contributed by atoms with Crippen LogP contribution in [0, 0.1) is 0 Å². The molecule has 176 valence electrons. The van der Waals surface area contributed by atoms with Crippen LogP contribution in [0.25, 0.3) is 16.6 Å². The maximum Gasteiger partial charge on any atom is 0.229 e. The number of anilines is 2. The minimum atomic E-state index is -3.91. The summed E-state index contributed by atoms with van der Waals surface area (Å²) in [4.78, 5) is 13.9. The predicted molar refractivity (Wildman–Crippen MR) is 137 cm³/mol. The number of sulfone groups is 1. The van der Waals surface area contributed by atoms with Crippen molar-refractivity contribution in [3.8, 4) is 0 Å². The zero-order valence-electron chi connectivity index (χ0n) is 18.5. The van der Waals surface area contributed by atoms with Crippen molar-refractivity contribution in [1.82, 2.24) is 24.8 Å². The molecule has 1 fully saturated rings. The second-order valence-electron chi connectivity index (χ2n) is 8.20. The molecular formula is C24H20BrN7O2S. The molecule has 0 spiro atoms. The van der Waals surface area contributed by atoms with Gasteiger partial charge in [-0.15, -0.1) is 5.10 Å². The Morgan fingerprint density at radius 3 is 2.29 bits per heavy atom. The normalized spacial score (nSPS) is 14.7. The van der Waals surface area contributed by atoms with Gasteiger partial charge in [0.25, 0.3) is 0 Å². The molecule has 6 rings (SSSR count). The summed E-state index contributed by atoms with van der Waals surface area (Å²) in [7, 11) is -3.91. The number of rotatable bonds is 4. The molecule has 1 saturated heterocycles. The number of fused-ring (bicyclic) bond motifs is 3. The van der Waals surface area contributed by atoms with Gasteiger partial charge in [-0.25, -0.2) is 18.4 Å². The molecule has 0 bridgehead atoms. The Hall–Kier alpha value is -3.57. The third kappa shape index (κ3) is 3.80. The lowest BCUT2D eigenvalue weighted by Gasteiger charge is -2.36. The number of halogens is 1. The Morgan fingerprint density at radius 1 is 0.829 bits per heavy atom. The Morgan fingerprint density at radius 2 is 1.54 bits per heavy atom. The van der Waals surface area contributed by atoms with Gasteiger partial charge in [0.15, 0.2) is 5.65 Å². The molecule has 4 heterocycles. The first-order valence-electron chi connectivity index (χ1n) is 11.1. The van der Waals surface area contributed by atoms with Crippen LogP contribution in [0.15, 0.2) is 87.3 Å². The first-order valence-corrected chi connectivity index (χ1v) is 13.4. The lowest BCUT2D eigenvalue weighted by atomic mass is 10.2. The van der Waals surface area contributed by atoms with Crippen molar-refractivity contribution in [3.63, 3.8) is 0 Å². The molecule has 3 aromatic heterocycles. The molecule has 35 heavy (non-hydrogen) atoms. The summed E-state index contributed by atoms with van der Waals surface area (Å²) in [5, 5.41) is 8.98. The molecule has 0 unspecified atom stereocenters. The van der Waals surface area contributed by atoms with Crippen molar-refractivity contribution in [3.05, 3.63) is 77.4 Å². The largest absolute Gasteiger partial charge is 0.353 e. The maximum absolute atomic E-state index is 13.4. The van der Waals surface area contributed by atoms with E-state index >= 15 is 0 Å². The third-order valence-electron chi connectivity index (χ3n) is 6.13. The van der Waals surface area contributed by atoms with Crippen LogP contribution in [0.4, 0.5) is 11.6 Å². The Balaban J connectivity index is 1.44. The number of hydrogen-bond acceptors (Lipinski definition) is 8. The summed E-state index contributed by atoms with van der Waals surface area (Å²) < 4.78 is 29.2. The second-order valence-corrected chi connectivity index (χ2v) is 11.0. The molecule has 9 nitrogen and oxygen atoms in total. The highest BCUT2D eigenvalue weighted by atomic mass is 79.9. The Bertz CT molecular complexity index is 1630. The van der Waals surface area contributed by atoms with Crippen molar-refractivity contribution in [2.24, 2.45) is 0 Å². The lowest BCUT2D eigenvalue weighted by Crippen LogP contribution is -2.47. The number of nitrogens with zero attached hydrogens (tertiary/aromatic N) is 7. The SMILES string of the molecule is O=S(=O)(c1ccc(Br)cc1)c1nnn2c1nc(N1CCN(c3ccccn3)CC1)c1ccccc12. The standard InChI is InChI=1S/C24H20BrN7O2S/c25-17-8-10-18(11-9-17)35(33,34)24-23-27-22(19-5-1-2-6-20(19)32(23)29-28-24)31-15-13-30(14-16-31)21-7-3-4-12-26-21/h1-12H,13-16H2. The number of aromatic nitrogens is 5. The first-order chi connectivity index (χ1) is 17.0. The predicted octanol–water partition coefficient (Wildman–Crippen LogP) is 3.59. The van der Waals surface area contributed by atoms with Crippen molar-refractivity contribution in [2.75, 3.05) is 36.0 Å². The molecule has 0 atom stereocenters. The van der Waals surface area contributed by atoms with Crippen molar-refractivity contribution < 1.29 is 8.42 Å². The van der Waals surface area contributed by atoms with E-state index in [-0.39, 0.29) is 15.6 Å². The van der Waals surface area contributed by atoms with Crippen LogP contribution in [-0.2, 0) is 9.84 Å². The summed E-state index contributed by atoms with van der Waals surface area (Å²) in [5.74, 6) is 1.67. The zero-order valence-corrected chi connectivity index (χ0v) is 20.9. The summed E-state index contributed by atoms with van der Waals surface area (Å²) in [6.45, 7) is 3.00. The zero-order chi connectivity index (χ0) is 24.0. The molecule has 5 aromatic rings. The molecule has 0 amide bonds. The fraction of sp³-hybridized carbons (Fsp3) is 0.167. The fourth-order valence-electron chi connectivity index (χ4n) is 4.36. The van der Waals surface area contributed by atoms with E-state index < -0.39 is 9.84 Å². The van der Waals surface area contributed by atoms with Gasteiger partial charge < -0.3 is 9.80 Å². The molecule has 0 radical (unpaired) electrons. The van der Waals surface area contributed by atoms with E-state index in [1.54, 1.807) is 30.5 Å². The Kier molecular flexibility index (Phi) is 5.37. The van der Waals surface area contributed by atoms with Gasteiger partial charge in [0.1, 0.15) is 11.6 Å². The highest BCUT2D eigenvalue weighted by molar-refractivity contribution is 9.10. The number of pyridine rings is 1. The number of benzene rings is 2. The van der Waals surface area contributed by atoms with Gasteiger partial charge in [0, 0.05) is 42.2 Å². The minimum absolute atomic E-state index is 0.142. The highest BCUT2D eigenvalue weighted by Crippen LogP contribution is 2.31. The van der Waals surface area contributed by atoms with E-state index in [1.807, 2.05) is 42.5 Å². The number of hydrogen-bond donors (Lipinski definition) is 0. The van der Waals surface area contributed by atoms with E-state index in [9.17, 15) is 8.42 Å². The molecule has 1 aliphatic rings. The van der Waals surface area contributed by atoms with Gasteiger partial charge in [-0.1, -0.05) is 39.3 Å². The Labute approximate surface area is 210 Å². The summed E-state index contributed by atoms with van der Waals surface area (Å²) in [5.41, 5.74) is 0.971. The average molecular weight is 550 g/mol. The van der Waals surface area contributed by atoms with Gasteiger partial charge in [-0.2, -0.15) is 4.52 Å². The number of para-hydroxylation sites is 1. The molecule has 0 N–H and O–H groups in total. The fourth-order valence-corrected chi connectivity index (χ4v) is 5.86. The molecule has 0 saturated carbocycles. The van der Waals surface area contributed by atoms with Crippen LogP contribution in [-0.4, -0.2) is 59.4 Å². The van der Waals surface area contributed by atoms with Gasteiger partial charge in [0.05, 0.1) is 10.4 Å². The first kappa shape index (κ1) is 21.9. The van der Waals surface area contributed by atoms with Gasteiger partial charge in [0.2, 0.25) is 14.9 Å². The third-order valence-corrected chi connectivity index (χ3v) is 8.33. The topological polar surface area (TPSA) is 96.6 Å². The van der Waals surface area contributed by atoms with Crippen molar-refractivity contribution in [2.45, 2.75) is 9.92 Å². The van der Waals surface area contributed by atoms with Crippen LogP contribution in [0.2, 0.25) is 0 Å². The molecule has 2 aromatic carbocycles. The summed E-state index contributed by atoms with van der Waals surface area (Å²) >= 11 is 3.35. The quantitative estimate of drug-likeness (QED) is 0.335. The van der Waals surface area contributed by atoms with Crippen LogP contribution >= 0.6 is 15.9 Å². The molecule has 1 aliphatic heterocycles. The van der Waals surface area contributed by atoms with Crippen LogP contribution < -0.4 is 9.80 Å². The number of piperazine rings is 1. The van der Waals surface area contributed by atoms with Gasteiger partial charge in [-0.05, 0) is 48.5 Å². The lowest BCUT2D eigenvalue weighted by molar-refractivity contribution is 0.592. The summed E-state index contributed by atoms with van der Waals surface area (Å²) in [6, 6.07) is 20.1. The molecule has 11 heteroatoms. The van der Waals surface area contributed by atoms with Crippen LogP contribution in [0.5, 0.6) is 0 Å². The van der Waals surface area contributed by atoms with E-state index in [1.165, 1.54) is 4.52 Å². The summed E-state index contributed by atoms with van der Waals surface area (Å²) in [6.07, 6.45) is 1.80. The van der Waals surface area contributed by atoms with Crippen LogP contribution in [0.1, 0.15) is 0 Å². The maximum atomic E-state index is 13.4. The smallest absolute Gasteiger partial charge is 0.229 e. The molecule has 0 aliphatic carbocycles. The minimum Gasteiger partial charge on any atom is -0.353 e. The van der Waals surface area contributed by atoms with Crippen molar-refractivity contribution >= 4 is 54.0 Å². The van der Waals surface area contributed by atoms with E-state index in [4.69, 9.17) is 4.98 Å². The molecular weight excluding hydrogens is 530 g/mol. The van der Waals surface area contributed by atoms with Gasteiger partial charge >= 0.3 is 0 Å². The van der Waals surface area contributed by atoms with Gasteiger partial charge in [-0.3, -0.25) is 0 Å².